The summed E-state index contributed by atoms with van der Waals surface area (Å²) >= 11 is 0. The number of aromatic carboxylic acids is 1. The zero-order valence-electron chi connectivity index (χ0n) is 9.55. The molecule has 0 bridgehead atoms. The van der Waals surface area contributed by atoms with E-state index < -0.39 is 5.97 Å². The van der Waals surface area contributed by atoms with Crippen molar-refractivity contribution in [1.82, 2.24) is 15.2 Å². The number of rotatable bonds is 4. The number of nitrogens with one attached hydrogen (secondary N) is 2. The van der Waals surface area contributed by atoms with Crippen molar-refractivity contribution in [3.05, 3.63) is 24.0 Å². The Morgan fingerprint density at radius 1 is 1.56 bits per heavy atom. The van der Waals surface area contributed by atoms with Crippen LogP contribution in [0.3, 0.4) is 0 Å². The van der Waals surface area contributed by atoms with Gasteiger partial charge in [0.25, 0.3) is 0 Å². The van der Waals surface area contributed by atoms with E-state index in [9.17, 15) is 14.4 Å². The van der Waals surface area contributed by atoms with Gasteiger partial charge in [-0.25, -0.2) is 4.79 Å². The van der Waals surface area contributed by atoms with E-state index in [1.165, 1.54) is 16.8 Å². The quantitative estimate of drug-likeness (QED) is 0.651. The molecule has 0 aliphatic carbocycles. The molecule has 7 heteroatoms. The summed E-state index contributed by atoms with van der Waals surface area (Å²) in [6, 6.07) is 2.78. The van der Waals surface area contributed by atoms with Crippen molar-refractivity contribution in [3.8, 4) is 0 Å². The standard InChI is InChI=1S/C11H13N3O4/c15-9-4-7(5-12-9)13-10(16)6-14-3-1-2-8(14)11(17)18/h1-3,7H,4-6H2,(H,12,15)(H,13,16)(H,17,18). The molecule has 0 spiro atoms. The van der Waals surface area contributed by atoms with Crippen molar-refractivity contribution in [2.75, 3.05) is 6.54 Å². The van der Waals surface area contributed by atoms with Crippen molar-refractivity contribution in [3.63, 3.8) is 0 Å². The molecule has 1 atom stereocenters. The number of nitrogens with zero attached hydrogens (tertiary/aromatic N) is 1. The Labute approximate surface area is 103 Å². The van der Waals surface area contributed by atoms with Crippen molar-refractivity contribution >= 4 is 17.8 Å². The molecule has 1 aromatic heterocycles. The fraction of sp³-hybridized carbons (Fsp3) is 0.364. The highest BCUT2D eigenvalue weighted by atomic mass is 16.4. The van der Waals surface area contributed by atoms with Crippen LogP contribution in [0.1, 0.15) is 16.9 Å². The minimum Gasteiger partial charge on any atom is -0.477 e. The second kappa shape index (κ2) is 4.91. The van der Waals surface area contributed by atoms with E-state index in [0.29, 0.717) is 6.54 Å². The van der Waals surface area contributed by atoms with Crippen LogP contribution in [0.25, 0.3) is 0 Å². The summed E-state index contributed by atoms with van der Waals surface area (Å²) in [5.74, 6) is -1.48. The molecule has 1 unspecified atom stereocenters. The predicted octanol–water partition coefficient (Wildman–Crippen LogP) is -0.809. The minimum atomic E-state index is -1.08. The van der Waals surface area contributed by atoms with Crippen LogP contribution in [0.5, 0.6) is 0 Å². The molecule has 18 heavy (non-hydrogen) atoms. The summed E-state index contributed by atoms with van der Waals surface area (Å²) in [5, 5.41) is 14.2. The van der Waals surface area contributed by atoms with Crippen LogP contribution in [0.2, 0.25) is 0 Å². The van der Waals surface area contributed by atoms with Crippen molar-refractivity contribution in [1.29, 1.82) is 0 Å². The average Bonchev–Trinajstić information content (AvgIpc) is 2.87. The van der Waals surface area contributed by atoms with Gasteiger partial charge in [0.2, 0.25) is 11.8 Å². The summed E-state index contributed by atoms with van der Waals surface area (Å²) in [4.78, 5) is 33.5. The Hall–Kier alpha value is -2.31. The number of carbonyl (C=O) groups is 3. The normalized spacial score (nSPS) is 18.4. The number of hydrogen-bond donors (Lipinski definition) is 3. The fourth-order valence-electron chi connectivity index (χ4n) is 1.88. The molecule has 1 aliphatic rings. The predicted molar refractivity (Wildman–Crippen MR) is 60.9 cm³/mol. The summed E-state index contributed by atoms with van der Waals surface area (Å²) in [7, 11) is 0. The zero-order valence-corrected chi connectivity index (χ0v) is 9.55. The molecule has 0 saturated carbocycles. The Bertz CT molecular complexity index is 494. The highest BCUT2D eigenvalue weighted by Gasteiger charge is 2.23. The van der Waals surface area contributed by atoms with E-state index in [2.05, 4.69) is 10.6 Å². The smallest absolute Gasteiger partial charge is 0.352 e. The number of carboxylic acids is 1. The lowest BCUT2D eigenvalue weighted by Gasteiger charge is -2.11. The molecule has 3 N–H and O–H groups in total. The van der Waals surface area contributed by atoms with E-state index in [1.54, 1.807) is 6.07 Å². The Kier molecular flexibility index (Phi) is 3.31. The van der Waals surface area contributed by atoms with Crippen LogP contribution in [-0.4, -0.2) is 40.0 Å². The van der Waals surface area contributed by atoms with Gasteiger partial charge in [-0.1, -0.05) is 0 Å². The molecule has 0 radical (unpaired) electrons. The van der Waals surface area contributed by atoms with Gasteiger partial charge in [-0.2, -0.15) is 0 Å². The topological polar surface area (TPSA) is 100 Å². The molecule has 1 aromatic rings. The van der Waals surface area contributed by atoms with Gasteiger partial charge in [0.15, 0.2) is 0 Å². The maximum Gasteiger partial charge on any atom is 0.352 e. The molecule has 2 rings (SSSR count). The number of carboxylic acid groups (broad SMARTS) is 1. The molecule has 0 aromatic carbocycles. The van der Waals surface area contributed by atoms with E-state index in [-0.39, 0.29) is 36.5 Å². The summed E-state index contributed by atoms with van der Waals surface area (Å²) in [6.45, 7) is 0.349. The number of carbonyl (C=O) groups excluding carboxylic acids is 2. The van der Waals surface area contributed by atoms with E-state index in [0.717, 1.165) is 0 Å². The monoisotopic (exact) mass is 251 g/mol. The van der Waals surface area contributed by atoms with Gasteiger partial charge in [0.1, 0.15) is 12.2 Å². The van der Waals surface area contributed by atoms with E-state index >= 15 is 0 Å². The highest BCUT2D eigenvalue weighted by Crippen LogP contribution is 2.03. The van der Waals surface area contributed by atoms with E-state index in [4.69, 9.17) is 5.11 Å². The summed E-state index contributed by atoms with van der Waals surface area (Å²) in [5.41, 5.74) is 0.0609. The molecular formula is C11H13N3O4. The Morgan fingerprint density at radius 2 is 2.33 bits per heavy atom. The van der Waals surface area contributed by atoms with Crippen molar-refractivity contribution in [2.45, 2.75) is 19.0 Å². The summed E-state index contributed by atoms with van der Waals surface area (Å²) in [6.07, 6.45) is 1.80. The van der Waals surface area contributed by atoms with Gasteiger partial charge >= 0.3 is 5.97 Å². The van der Waals surface area contributed by atoms with E-state index in [1.807, 2.05) is 0 Å². The van der Waals surface area contributed by atoms with Crippen LogP contribution in [0.15, 0.2) is 18.3 Å². The molecule has 1 aliphatic heterocycles. The number of hydrogen-bond acceptors (Lipinski definition) is 3. The van der Waals surface area contributed by atoms with Gasteiger partial charge in [0, 0.05) is 19.2 Å². The molecular weight excluding hydrogens is 238 g/mol. The lowest BCUT2D eigenvalue weighted by atomic mass is 10.2. The first-order valence-electron chi connectivity index (χ1n) is 5.51. The third-order valence-corrected chi connectivity index (χ3v) is 2.71. The highest BCUT2D eigenvalue weighted by molar-refractivity contribution is 5.87. The van der Waals surface area contributed by atoms with Crippen LogP contribution in [-0.2, 0) is 16.1 Å². The van der Waals surface area contributed by atoms with Crippen LogP contribution in [0.4, 0.5) is 0 Å². The van der Waals surface area contributed by atoms with Crippen molar-refractivity contribution in [2.24, 2.45) is 0 Å². The SMILES string of the molecule is O=C1CC(NC(=O)Cn2cccc2C(=O)O)CN1. The molecule has 2 heterocycles. The third-order valence-electron chi connectivity index (χ3n) is 2.71. The molecule has 1 saturated heterocycles. The molecule has 96 valence electrons. The fourth-order valence-corrected chi connectivity index (χ4v) is 1.88. The number of amides is 2. The lowest BCUT2D eigenvalue weighted by Crippen LogP contribution is -2.38. The molecule has 2 amide bonds. The Balaban J connectivity index is 1.93. The Morgan fingerprint density at radius 3 is 2.94 bits per heavy atom. The van der Waals surface area contributed by atoms with Crippen molar-refractivity contribution < 1.29 is 19.5 Å². The van der Waals surface area contributed by atoms with Gasteiger partial charge in [-0.05, 0) is 12.1 Å². The van der Waals surface area contributed by atoms with Crippen LogP contribution >= 0.6 is 0 Å². The van der Waals surface area contributed by atoms with Gasteiger partial charge < -0.3 is 20.3 Å². The largest absolute Gasteiger partial charge is 0.477 e. The van der Waals surface area contributed by atoms with Gasteiger partial charge in [-0.15, -0.1) is 0 Å². The number of aromatic nitrogens is 1. The summed E-state index contributed by atoms with van der Waals surface area (Å²) < 4.78 is 1.35. The second-order valence-electron chi connectivity index (χ2n) is 4.10. The lowest BCUT2D eigenvalue weighted by molar-refractivity contribution is -0.122. The first-order valence-corrected chi connectivity index (χ1v) is 5.51. The van der Waals surface area contributed by atoms with Crippen LogP contribution < -0.4 is 10.6 Å². The maximum atomic E-state index is 11.7. The first kappa shape index (κ1) is 12.2. The third kappa shape index (κ3) is 2.68. The molecule has 1 fully saturated rings. The first-order chi connectivity index (χ1) is 8.56. The van der Waals surface area contributed by atoms with Gasteiger partial charge in [-0.3, -0.25) is 9.59 Å². The average molecular weight is 251 g/mol. The minimum absolute atomic E-state index is 0.0609. The zero-order chi connectivity index (χ0) is 13.1. The van der Waals surface area contributed by atoms with Crippen LogP contribution in [0, 0.1) is 0 Å². The second-order valence-corrected chi connectivity index (χ2v) is 4.10. The van der Waals surface area contributed by atoms with Gasteiger partial charge in [0.05, 0.1) is 6.04 Å². The molecule has 7 nitrogen and oxygen atoms in total. The maximum absolute atomic E-state index is 11.7.